The molecular formula is C20H20N2O2S. The number of benzene rings is 2. The zero-order valence-electron chi connectivity index (χ0n) is 14.0. The van der Waals surface area contributed by atoms with Crippen LogP contribution in [0.4, 0.5) is 5.69 Å². The molecule has 0 N–H and O–H groups in total. The molecule has 25 heavy (non-hydrogen) atoms. The summed E-state index contributed by atoms with van der Waals surface area (Å²) in [6, 6.07) is 16.2. The number of anilines is 1. The van der Waals surface area contributed by atoms with E-state index in [-0.39, 0.29) is 11.8 Å². The highest BCUT2D eigenvalue weighted by atomic mass is 32.2. The molecule has 4 rings (SSSR count). The average molecular weight is 352 g/mol. The first-order chi connectivity index (χ1) is 12.2. The third kappa shape index (κ3) is 3.29. The van der Waals surface area contributed by atoms with Gasteiger partial charge in [0.25, 0.3) is 0 Å². The predicted molar refractivity (Wildman–Crippen MR) is 99.7 cm³/mol. The van der Waals surface area contributed by atoms with Gasteiger partial charge in [-0.05, 0) is 29.7 Å². The van der Waals surface area contributed by atoms with Gasteiger partial charge in [0.05, 0.1) is 11.4 Å². The molecule has 0 fully saturated rings. The number of thioether (sulfide) groups is 1. The average Bonchev–Trinajstić information content (AvgIpc) is 2.66. The summed E-state index contributed by atoms with van der Waals surface area (Å²) in [7, 11) is 0. The van der Waals surface area contributed by atoms with Crippen LogP contribution < -0.4 is 4.90 Å². The third-order valence-electron chi connectivity index (χ3n) is 4.84. The van der Waals surface area contributed by atoms with E-state index in [1.165, 1.54) is 11.1 Å². The molecule has 2 amide bonds. The molecule has 0 aromatic heterocycles. The molecule has 2 aromatic carbocycles. The molecule has 128 valence electrons. The van der Waals surface area contributed by atoms with Crippen LogP contribution in [-0.4, -0.2) is 35.6 Å². The fraction of sp³-hybridized carbons (Fsp3) is 0.300. The summed E-state index contributed by atoms with van der Waals surface area (Å²) in [5, 5.41) is 0. The summed E-state index contributed by atoms with van der Waals surface area (Å²) in [6.45, 7) is 1.89. The van der Waals surface area contributed by atoms with Crippen LogP contribution >= 0.6 is 11.8 Å². The van der Waals surface area contributed by atoms with Crippen molar-refractivity contribution in [2.75, 3.05) is 23.7 Å². The lowest BCUT2D eigenvalue weighted by Gasteiger charge is -2.31. The van der Waals surface area contributed by atoms with E-state index in [0.717, 1.165) is 23.5 Å². The molecule has 2 aliphatic rings. The highest BCUT2D eigenvalue weighted by Crippen LogP contribution is 2.35. The maximum Gasteiger partial charge on any atom is 0.237 e. The van der Waals surface area contributed by atoms with Gasteiger partial charge >= 0.3 is 0 Å². The van der Waals surface area contributed by atoms with Gasteiger partial charge in [0.15, 0.2) is 0 Å². The molecule has 0 saturated heterocycles. The van der Waals surface area contributed by atoms with E-state index in [0.29, 0.717) is 25.3 Å². The maximum atomic E-state index is 12.7. The second kappa shape index (κ2) is 6.92. The Hall–Kier alpha value is -2.27. The quantitative estimate of drug-likeness (QED) is 0.852. The highest BCUT2D eigenvalue weighted by molar-refractivity contribution is 8.00. The van der Waals surface area contributed by atoms with Crippen molar-refractivity contribution in [3.05, 3.63) is 59.7 Å². The number of carbonyl (C=O) groups is 2. The molecule has 2 aromatic rings. The molecule has 2 heterocycles. The SMILES string of the molecule is O=C(CCN1C(=O)CSc2ccccc21)N1CCc2ccccc2C1. The summed E-state index contributed by atoms with van der Waals surface area (Å²) in [4.78, 5) is 29.7. The lowest BCUT2D eigenvalue weighted by molar-refractivity contribution is -0.131. The number of hydrogen-bond acceptors (Lipinski definition) is 3. The van der Waals surface area contributed by atoms with E-state index in [1.54, 1.807) is 16.7 Å². The van der Waals surface area contributed by atoms with Crippen LogP contribution in [0.2, 0.25) is 0 Å². The van der Waals surface area contributed by atoms with E-state index in [9.17, 15) is 9.59 Å². The van der Waals surface area contributed by atoms with Crippen molar-refractivity contribution < 1.29 is 9.59 Å². The molecule has 0 aliphatic carbocycles. The Kier molecular flexibility index (Phi) is 4.49. The summed E-state index contributed by atoms with van der Waals surface area (Å²) in [6.07, 6.45) is 1.27. The van der Waals surface area contributed by atoms with Crippen LogP contribution in [0.5, 0.6) is 0 Å². The molecule has 0 spiro atoms. The standard InChI is InChI=1S/C20H20N2O2S/c23-19(21-11-9-15-5-1-2-6-16(15)13-21)10-12-22-17-7-3-4-8-18(17)25-14-20(22)24/h1-8H,9-14H2. The smallest absolute Gasteiger partial charge is 0.237 e. The molecule has 2 aliphatic heterocycles. The maximum absolute atomic E-state index is 12.7. The van der Waals surface area contributed by atoms with Crippen LogP contribution in [0, 0.1) is 0 Å². The zero-order chi connectivity index (χ0) is 17.2. The van der Waals surface area contributed by atoms with Crippen LogP contribution in [0.25, 0.3) is 0 Å². The van der Waals surface area contributed by atoms with Gasteiger partial charge in [-0.25, -0.2) is 0 Å². The van der Waals surface area contributed by atoms with Crippen molar-refractivity contribution in [3.63, 3.8) is 0 Å². The normalized spacial score (nSPS) is 16.4. The topological polar surface area (TPSA) is 40.6 Å². The van der Waals surface area contributed by atoms with Crippen molar-refractivity contribution in [1.82, 2.24) is 4.90 Å². The number of carbonyl (C=O) groups excluding carboxylic acids is 2. The first-order valence-corrected chi connectivity index (χ1v) is 9.58. The van der Waals surface area contributed by atoms with Gasteiger partial charge in [0.2, 0.25) is 11.8 Å². The number of fused-ring (bicyclic) bond motifs is 2. The lowest BCUT2D eigenvalue weighted by atomic mass is 10.00. The minimum Gasteiger partial charge on any atom is -0.338 e. The monoisotopic (exact) mass is 352 g/mol. The van der Waals surface area contributed by atoms with Crippen molar-refractivity contribution >= 4 is 29.3 Å². The molecule has 0 radical (unpaired) electrons. The molecule has 0 atom stereocenters. The zero-order valence-corrected chi connectivity index (χ0v) is 14.8. The van der Waals surface area contributed by atoms with Gasteiger partial charge in [0.1, 0.15) is 0 Å². The van der Waals surface area contributed by atoms with Crippen LogP contribution in [0.1, 0.15) is 17.5 Å². The molecule has 0 saturated carbocycles. The Morgan fingerprint density at radius 2 is 1.80 bits per heavy atom. The van der Waals surface area contributed by atoms with Gasteiger partial charge in [-0.3, -0.25) is 9.59 Å². The van der Waals surface area contributed by atoms with E-state index in [2.05, 4.69) is 12.1 Å². The van der Waals surface area contributed by atoms with E-state index < -0.39 is 0 Å². The number of rotatable bonds is 3. The second-order valence-corrected chi connectivity index (χ2v) is 7.40. The van der Waals surface area contributed by atoms with Crippen LogP contribution in [-0.2, 0) is 22.6 Å². The Morgan fingerprint density at radius 1 is 1.04 bits per heavy atom. The van der Waals surface area contributed by atoms with E-state index in [4.69, 9.17) is 0 Å². The summed E-state index contributed by atoms with van der Waals surface area (Å²) in [5.74, 6) is 0.654. The lowest BCUT2D eigenvalue weighted by Crippen LogP contribution is -2.41. The largest absolute Gasteiger partial charge is 0.338 e. The van der Waals surface area contributed by atoms with Crippen molar-refractivity contribution in [1.29, 1.82) is 0 Å². The molecular weight excluding hydrogens is 332 g/mol. The van der Waals surface area contributed by atoms with E-state index >= 15 is 0 Å². The molecule has 5 heteroatoms. The third-order valence-corrected chi connectivity index (χ3v) is 5.89. The van der Waals surface area contributed by atoms with Gasteiger partial charge < -0.3 is 9.80 Å². The summed E-state index contributed by atoms with van der Waals surface area (Å²) < 4.78 is 0. The molecule has 0 unspecified atom stereocenters. The Morgan fingerprint density at radius 3 is 2.68 bits per heavy atom. The Labute approximate surface area is 151 Å². The number of hydrogen-bond donors (Lipinski definition) is 0. The minimum absolute atomic E-state index is 0.0838. The van der Waals surface area contributed by atoms with Crippen molar-refractivity contribution in [2.45, 2.75) is 24.3 Å². The number of amides is 2. The molecule has 0 bridgehead atoms. The van der Waals surface area contributed by atoms with Crippen LogP contribution in [0.3, 0.4) is 0 Å². The predicted octanol–water partition coefficient (Wildman–Crippen LogP) is 3.10. The van der Waals surface area contributed by atoms with E-state index in [1.807, 2.05) is 41.3 Å². The summed E-state index contributed by atoms with van der Waals surface area (Å²) >= 11 is 1.57. The van der Waals surface area contributed by atoms with Crippen LogP contribution in [0.15, 0.2) is 53.4 Å². The fourth-order valence-corrected chi connectivity index (χ4v) is 4.41. The van der Waals surface area contributed by atoms with Gasteiger partial charge in [0, 0.05) is 31.0 Å². The Bertz CT molecular complexity index is 821. The summed E-state index contributed by atoms with van der Waals surface area (Å²) in [5.41, 5.74) is 3.50. The first-order valence-electron chi connectivity index (χ1n) is 8.59. The first kappa shape index (κ1) is 16.2. The van der Waals surface area contributed by atoms with Gasteiger partial charge in [-0.1, -0.05) is 36.4 Å². The van der Waals surface area contributed by atoms with Crippen molar-refractivity contribution in [2.24, 2.45) is 0 Å². The Balaban J connectivity index is 1.42. The second-order valence-electron chi connectivity index (χ2n) is 6.39. The highest BCUT2D eigenvalue weighted by Gasteiger charge is 2.26. The fourth-order valence-electron chi connectivity index (χ4n) is 3.47. The number of para-hydroxylation sites is 1. The van der Waals surface area contributed by atoms with Gasteiger partial charge in [-0.2, -0.15) is 0 Å². The van der Waals surface area contributed by atoms with Gasteiger partial charge in [-0.15, -0.1) is 11.8 Å². The molecule has 4 nitrogen and oxygen atoms in total. The minimum atomic E-state index is 0.0838. The number of nitrogens with zero attached hydrogens (tertiary/aromatic N) is 2. The van der Waals surface area contributed by atoms with Crippen molar-refractivity contribution in [3.8, 4) is 0 Å².